The van der Waals surface area contributed by atoms with E-state index >= 15 is 0 Å². The number of hydrogen-bond donors (Lipinski definition) is 1. The van der Waals surface area contributed by atoms with Crippen LogP contribution in [0, 0.1) is 0 Å². The third-order valence-corrected chi connectivity index (χ3v) is 4.77. The van der Waals surface area contributed by atoms with Crippen LogP contribution in [-0.2, 0) is 6.54 Å². The molecule has 0 aliphatic carbocycles. The Morgan fingerprint density at radius 3 is 2.68 bits per heavy atom. The van der Waals surface area contributed by atoms with Gasteiger partial charge in [-0.15, -0.1) is 11.3 Å². The second kappa shape index (κ2) is 6.22. The van der Waals surface area contributed by atoms with Gasteiger partial charge in [-0.05, 0) is 46.3 Å². The molecule has 0 bridgehead atoms. The van der Waals surface area contributed by atoms with Crippen molar-refractivity contribution >= 4 is 61.8 Å². The van der Waals surface area contributed by atoms with Crippen LogP contribution in [0.3, 0.4) is 0 Å². The predicted molar refractivity (Wildman–Crippen MR) is 91.5 cm³/mol. The SMILES string of the molecule is CN(Cc1ccc(Cl)s1)c1ccc(C(N)=S)c(Br)c1. The van der Waals surface area contributed by atoms with Gasteiger partial charge in [0.25, 0.3) is 0 Å². The molecule has 6 heteroatoms. The maximum atomic E-state index is 5.93. The Kier molecular flexibility index (Phi) is 4.84. The van der Waals surface area contributed by atoms with Gasteiger partial charge in [-0.2, -0.15) is 0 Å². The van der Waals surface area contributed by atoms with Crippen LogP contribution in [0.15, 0.2) is 34.8 Å². The fraction of sp³-hybridized carbons (Fsp3) is 0.154. The molecule has 0 amide bonds. The zero-order chi connectivity index (χ0) is 14.0. The molecule has 1 aromatic heterocycles. The number of halogens is 2. The molecule has 0 atom stereocenters. The zero-order valence-electron chi connectivity index (χ0n) is 10.2. The van der Waals surface area contributed by atoms with Gasteiger partial charge in [0.2, 0.25) is 0 Å². The van der Waals surface area contributed by atoms with Crippen LogP contribution >= 0.6 is 51.1 Å². The van der Waals surface area contributed by atoms with E-state index in [0.717, 1.165) is 26.6 Å². The summed E-state index contributed by atoms with van der Waals surface area (Å²) in [5.74, 6) is 0. The Hall–Kier alpha value is -0.620. The van der Waals surface area contributed by atoms with E-state index in [9.17, 15) is 0 Å². The molecular formula is C13H12BrClN2S2. The number of benzene rings is 1. The number of anilines is 1. The largest absolute Gasteiger partial charge is 0.389 e. The average Bonchev–Trinajstić information content (AvgIpc) is 2.74. The van der Waals surface area contributed by atoms with Gasteiger partial charge in [0.05, 0.1) is 10.9 Å². The molecular weight excluding hydrogens is 364 g/mol. The predicted octanol–water partition coefficient (Wildman–Crippen LogP) is 4.43. The lowest BCUT2D eigenvalue weighted by Gasteiger charge is -2.19. The first kappa shape index (κ1) is 14.8. The second-order valence-electron chi connectivity index (χ2n) is 4.09. The third-order valence-electron chi connectivity index (χ3n) is 2.68. The number of nitrogens with zero attached hydrogens (tertiary/aromatic N) is 1. The normalized spacial score (nSPS) is 10.5. The van der Waals surface area contributed by atoms with Crippen LogP contribution in [0.4, 0.5) is 5.69 Å². The van der Waals surface area contributed by atoms with E-state index in [0.29, 0.717) is 4.99 Å². The summed E-state index contributed by atoms with van der Waals surface area (Å²) in [5.41, 5.74) is 7.59. The average molecular weight is 376 g/mol. The molecule has 0 unspecified atom stereocenters. The van der Waals surface area contributed by atoms with Gasteiger partial charge >= 0.3 is 0 Å². The summed E-state index contributed by atoms with van der Waals surface area (Å²) in [7, 11) is 2.04. The van der Waals surface area contributed by atoms with Crippen LogP contribution in [0.2, 0.25) is 4.34 Å². The van der Waals surface area contributed by atoms with E-state index in [2.05, 4.69) is 20.8 Å². The maximum absolute atomic E-state index is 5.93. The summed E-state index contributed by atoms with van der Waals surface area (Å²) in [4.78, 5) is 3.77. The topological polar surface area (TPSA) is 29.3 Å². The number of hydrogen-bond acceptors (Lipinski definition) is 3. The maximum Gasteiger partial charge on any atom is 0.105 e. The summed E-state index contributed by atoms with van der Waals surface area (Å²) in [5, 5.41) is 0. The molecule has 100 valence electrons. The molecule has 2 N–H and O–H groups in total. The van der Waals surface area contributed by atoms with Crippen LogP contribution in [0.25, 0.3) is 0 Å². The molecule has 0 spiro atoms. The van der Waals surface area contributed by atoms with Crippen molar-refractivity contribution in [1.29, 1.82) is 0 Å². The first-order chi connectivity index (χ1) is 8.97. The van der Waals surface area contributed by atoms with Crippen molar-refractivity contribution in [3.8, 4) is 0 Å². The molecule has 0 saturated heterocycles. The summed E-state index contributed by atoms with van der Waals surface area (Å²) in [6, 6.07) is 9.92. The molecule has 1 heterocycles. The Balaban J connectivity index is 2.17. The number of nitrogens with two attached hydrogens (primary N) is 1. The molecule has 0 radical (unpaired) electrons. The highest BCUT2D eigenvalue weighted by molar-refractivity contribution is 9.10. The minimum absolute atomic E-state index is 0.395. The third kappa shape index (κ3) is 3.69. The van der Waals surface area contributed by atoms with E-state index in [4.69, 9.17) is 29.6 Å². The molecule has 2 aromatic rings. The van der Waals surface area contributed by atoms with E-state index in [-0.39, 0.29) is 0 Å². The van der Waals surface area contributed by atoms with Crippen LogP contribution in [-0.4, -0.2) is 12.0 Å². The van der Waals surface area contributed by atoms with Crippen molar-refractivity contribution in [1.82, 2.24) is 0 Å². The molecule has 0 saturated carbocycles. The molecule has 0 fully saturated rings. The summed E-state index contributed by atoms with van der Waals surface area (Å²) < 4.78 is 1.72. The Morgan fingerprint density at radius 2 is 2.16 bits per heavy atom. The van der Waals surface area contributed by atoms with Crippen LogP contribution < -0.4 is 10.6 Å². The zero-order valence-corrected chi connectivity index (χ0v) is 14.2. The van der Waals surface area contributed by atoms with Crippen molar-refractivity contribution < 1.29 is 0 Å². The quantitative estimate of drug-likeness (QED) is 0.801. The second-order valence-corrected chi connectivity index (χ2v) is 7.18. The molecule has 19 heavy (non-hydrogen) atoms. The fourth-order valence-electron chi connectivity index (χ4n) is 1.70. The molecule has 2 nitrogen and oxygen atoms in total. The van der Waals surface area contributed by atoms with Gasteiger partial charge in [-0.1, -0.05) is 23.8 Å². The van der Waals surface area contributed by atoms with Crippen molar-refractivity contribution in [2.45, 2.75) is 6.54 Å². The Bertz CT molecular complexity index is 612. The Labute approximate surface area is 135 Å². The van der Waals surface area contributed by atoms with Gasteiger partial charge in [0.1, 0.15) is 4.99 Å². The van der Waals surface area contributed by atoms with Gasteiger partial charge in [-0.3, -0.25) is 0 Å². The summed E-state index contributed by atoms with van der Waals surface area (Å²) in [6.45, 7) is 0.816. The lowest BCUT2D eigenvalue weighted by Crippen LogP contribution is -2.16. The van der Waals surface area contributed by atoms with Gasteiger partial charge in [-0.25, -0.2) is 0 Å². The van der Waals surface area contributed by atoms with E-state index in [1.807, 2.05) is 37.4 Å². The molecule has 2 rings (SSSR count). The van der Waals surface area contributed by atoms with Crippen molar-refractivity contribution in [3.05, 3.63) is 49.6 Å². The molecule has 1 aromatic carbocycles. The number of thiophene rings is 1. The number of thiocarbonyl (C=S) groups is 1. The number of rotatable bonds is 4. The van der Waals surface area contributed by atoms with E-state index in [1.165, 1.54) is 4.88 Å². The first-order valence-corrected chi connectivity index (χ1v) is 7.91. The minimum Gasteiger partial charge on any atom is -0.389 e. The van der Waals surface area contributed by atoms with Gasteiger partial charge in [0, 0.05) is 27.6 Å². The van der Waals surface area contributed by atoms with Crippen molar-refractivity contribution in [2.75, 3.05) is 11.9 Å². The summed E-state index contributed by atoms with van der Waals surface area (Å²) >= 11 is 16.0. The Morgan fingerprint density at radius 1 is 1.42 bits per heavy atom. The highest BCUT2D eigenvalue weighted by Crippen LogP contribution is 2.27. The van der Waals surface area contributed by atoms with Gasteiger partial charge in [0.15, 0.2) is 0 Å². The van der Waals surface area contributed by atoms with E-state index in [1.54, 1.807) is 11.3 Å². The molecule has 0 aliphatic heterocycles. The van der Waals surface area contributed by atoms with Crippen molar-refractivity contribution in [2.24, 2.45) is 5.73 Å². The fourth-order valence-corrected chi connectivity index (χ4v) is 3.73. The highest BCUT2D eigenvalue weighted by atomic mass is 79.9. The van der Waals surface area contributed by atoms with Crippen molar-refractivity contribution in [3.63, 3.8) is 0 Å². The molecule has 0 aliphatic rings. The monoisotopic (exact) mass is 374 g/mol. The standard InChI is InChI=1S/C13H12BrClN2S2/c1-17(7-9-3-5-12(15)19-9)8-2-4-10(13(16)18)11(14)6-8/h2-6H,7H2,1H3,(H2,16,18). The summed E-state index contributed by atoms with van der Waals surface area (Å²) in [6.07, 6.45) is 0. The van der Waals surface area contributed by atoms with E-state index < -0.39 is 0 Å². The van der Waals surface area contributed by atoms with Crippen LogP contribution in [0.5, 0.6) is 0 Å². The lowest BCUT2D eigenvalue weighted by atomic mass is 10.2. The minimum atomic E-state index is 0.395. The highest BCUT2D eigenvalue weighted by Gasteiger charge is 2.08. The first-order valence-electron chi connectivity index (χ1n) is 5.52. The van der Waals surface area contributed by atoms with Gasteiger partial charge < -0.3 is 10.6 Å². The smallest absolute Gasteiger partial charge is 0.105 e. The van der Waals surface area contributed by atoms with Crippen LogP contribution in [0.1, 0.15) is 10.4 Å². The lowest BCUT2D eigenvalue weighted by molar-refractivity contribution is 0.940.